The first kappa shape index (κ1) is 8.84. The first-order chi connectivity index (χ1) is 1.41. The molecule has 0 aliphatic heterocycles. The van der Waals surface area contributed by atoms with Crippen LogP contribution < -0.4 is 10.8 Å². The van der Waals surface area contributed by atoms with E-state index in [1.54, 1.807) is 0 Å². The molecule has 4 radical (unpaired) electrons. The lowest BCUT2D eigenvalue weighted by molar-refractivity contribution is 1.76. The van der Waals surface area contributed by atoms with Crippen molar-refractivity contribution in [3.63, 3.8) is 0 Å². The molecule has 0 bridgehead atoms. The number of nitrogens with two attached hydrogens (primary N) is 2. The van der Waals surface area contributed by atoms with Gasteiger partial charge in [-0.05, 0) is 0 Å². The molecule has 24 valence electrons. The van der Waals surface area contributed by atoms with E-state index in [0.717, 1.165) is 0 Å². The van der Waals surface area contributed by atoms with E-state index in [-0.39, 0.29) is 11.0 Å². The summed E-state index contributed by atoms with van der Waals surface area (Å²) < 4.78 is 0. The fraction of sp³-hybridized carbons (Fsp3) is 0. The molecular formula is H6N2Si2. The molecule has 4 heteroatoms. The zero-order valence-corrected chi connectivity index (χ0v) is 4.78. The van der Waals surface area contributed by atoms with E-state index >= 15 is 0 Å². The van der Waals surface area contributed by atoms with Gasteiger partial charge in [-0.1, -0.05) is 0 Å². The van der Waals surface area contributed by atoms with Crippen molar-refractivity contribution in [1.29, 1.82) is 0 Å². The minimum Gasteiger partial charge on any atom is -0.344 e. The molecule has 0 unspecified atom stereocenters. The SMILES string of the molecule is N[SiH2]N.[Si]. The standard InChI is InChI=1S/H6N2Si.Si/c1-3-2;/h1-3H2;. The van der Waals surface area contributed by atoms with Gasteiger partial charge in [0.25, 0.3) is 0 Å². The highest BCUT2D eigenvalue weighted by molar-refractivity contribution is 6.26. The highest BCUT2D eigenvalue weighted by atomic mass is 28.2. The van der Waals surface area contributed by atoms with Crippen molar-refractivity contribution in [2.45, 2.75) is 0 Å². The summed E-state index contributed by atoms with van der Waals surface area (Å²) in [4.78, 5) is 0. The number of hydrogen-bond acceptors (Lipinski definition) is 2. The predicted molar refractivity (Wildman–Crippen MR) is 22.7 cm³/mol. The molecule has 0 fully saturated rings. The summed E-state index contributed by atoms with van der Waals surface area (Å²) in [5.74, 6) is 0. The fourth-order valence-corrected chi connectivity index (χ4v) is 0. The van der Waals surface area contributed by atoms with Gasteiger partial charge in [0.15, 0.2) is 9.84 Å². The van der Waals surface area contributed by atoms with Crippen molar-refractivity contribution in [2.75, 3.05) is 0 Å². The van der Waals surface area contributed by atoms with Gasteiger partial charge in [-0.15, -0.1) is 0 Å². The highest BCUT2D eigenvalue weighted by Gasteiger charge is 1.35. The van der Waals surface area contributed by atoms with Gasteiger partial charge in [-0.25, -0.2) is 0 Å². The van der Waals surface area contributed by atoms with Crippen LogP contribution in [-0.2, 0) is 0 Å². The Balaban J connectivity index is 0. The van der Waals surface area contributed by atoms with Crippen LogP contribution in [0.25, 0.3) is 0 Å². The molecule has 0 heterocycles. The second-order valence-corrected chi connectivity index (χ2v) is 0.707. The number of rotatable bonds is 0. The largest absolute Gasteiger partial charge is 0.344 e. The minimum absolute atomic E-state index is 0. The van der Waals surface area contributed by atoms with Crippen molar-refractivity contribution >= 4 is 20.8 Å². The Labute approximate surface area is 32.6 Å². The smallest absolute Gasteiger partial charge is 0.162 e. The third kappa shape index (κ3) is 34.5. The average molecular weight is 90.2 g/mol. The van der Waals surface area contributed by atoms with Crippen molar-refractivity contribution in [2.24, 2.45) is 10.8 Å². The maximum atomic E-state index is 4.76. The van der Waals surface area contributed by atoms with E-state index in [0.29, 0.717) is 0 Å². The number of hydrogen-bond donors (Lipinski definition) is 2. The van der Waals surface area contributed by atoms with Gasteiger partial charge < -0.3 is 10.8 Å². The summed E-state index contributed by atoms with van der Waals surface area (Å²) in [7, 11) is -0.583. The molecule has 4 N–H and O–H groups in total. The van der Waals surface area contributed by atoms with Crippen LogP contribution in [0, 0.1) is 0 Å². The van der Waals surface area contributed by atoms with E-state index in [4.69, 9.17) is 10.8 Å². The lowest BCUT2D eigenvalue weighted by Gasteiger charge is -1.53. The maximum absolute atomic E-state index is 4.76. The molecule has 0 saturated heterocycles. The van der Waals surface area contributed by atoms with Crippen LogP contribution in [0.15, 0.2) is 0 Å². The molecule has 0 aliphatic rings. The van der Waals surface area contributed by atoms with E-state index in [9.17, 15) is 0 Å². The summed E-state index contributed by atoms with van der Waals surface area (Å²) in [6.07, 6.45) is 0. The Morgan fingerprint density at radius 3 is 1.25 bits per heavy atom. The second kappa shape index (κ2) is 10.1. The molecule has 0 spiro atoms. The van der Waals surface area contributed by atoms with Gasteiger partial charge in [0.05, 0.1) is 0 Å². The van der Waals surface area contributed by atoms with Gasteiger partial charge in [0.2, 0.25) is 0 Å². The summed E-state index contributed by atoms with van der Waals surface area (Å²) in [6.45, 7) is 0. The van der Waals surface area contributed by atoms with Crippen molar-refractivity contribution in [3.8, 4) is 0 Å². The van der Waals surface area contributed by atoms with Crippen molar-refractivity contribution < 1.29 is 0 Å². The lowest BCUT2D eigenvalue weighted by Crippen LogP contribution is -2.15. The first-order valence-corrected chi connectivity index (χ1v) is 2.45. The molecule has 0 saturated carbocycles. The third-order valence-electron chi connectivity index (χ3n) is 0. The van der Waals surface area contributed by atoms with Gasteiger partial charge in [-0.2, -0.15) is 0 Å². The van der Waals surface area contributed by atoms with Gasteiger partial charge in [0, 0.05) is 11.0 Å². The fourth-order valence-electron chi connectivity index (χ4n) is 0. The molecule has 0 amide bonds. The van der Waals surface area contributed by atoms with Crippen LogP contribution in [0.4, 0.5) is 0 Å². The van der Waals surface area contributed by atoms with Crippen LogP contribution in [0.2, 0.25) is 0 Å². The Morgan fingerprint density at radius 1 is 1.25 bits per heavy atom. The Hall–Kier alpha value is 0.354. The Kier molecular flexibility index (Phi) is 22.4. The van der Waals surface area contributed by atoms with E-state index < -0.39 is 9.84 Å². The minimum atomic E-state index is -0.583. The lowest BCUT2D eigenvalue weighted by atomic mass is 13.9. The molecule has 0 aromatic rings. The summed E-state index contributed by atoms with van der Waals surface area (Å²) in [5.41, 5.74) is 0. The summed E-state index contributed by atoms with van der Waals surface area (Å²) in [5, 5.41) is 9.53. The van der Waals surface area contributed by atoms with Crippen molar-refractivity contribution in [3.05, 3.63) is 0 Å². The summed E-state index contributed by atoms with van der Waals surface area (Å²) in [6, 6.07) is 0. The zero-order valence-electron chi connectivity index (χ0n) is 2.36. The molecule has 0 aromatic carbocycles. The molecule has 0 aromatic heterocycles. The highest BCUT2D eigenvalue weighted by Crippen LogP contribution is 0.750. The van der Waals surface area contributed by atoms with Crippen LogP contribution in [-0.4, -0.2) is 20.8 Å². The molecule has 4 heavy (non-hydrogen) atoms. The van der Waals surface area contributed by atoms with Crippen LogP contribution in [0.5, 0.6) is 0 Å². The van der Waals surface area contributed by atoms with Crippen LogP contribution in [0.3, 0.4) is 0 Å². The summed E-state index contributed by atoms with van der Waals surface area (Å²) >= 11 is 0. The zero-order chi connectivity index (χ0) is 2.71. The predicted octanol–water partition coefficient (Wildman–Crippen LogP) is -2.48. The molecule has 0 atom stereocenters. The maximum Gasteiger partial charge on any atom is 0.162 e. The molecular weight excluding hydrogens is 84.2 g/mol. The Bertz CT molecular complexity index is 4.00. The quantitative estimate of drug-likeness (QED) is 0.324. The van der Waals surface area contributed by atoms with Crippen LogP contribution in [0.1, 0.15) is 0 Å². The van der Waals surface area contributed by atoms with E-state index in [1.165, 1.54) is 0 Å². The molecule has 0 aliphatic carbocycles. The van der Waals surface area contributed by atoms with Gasteiger partial charge in [0.1, 0.15) is 0 Å². The van der Waals surface area contributed by atoms with Gasteiger partial charge in [-0.3, -0.25) is 0 Å². The van der Waals surface area contributed by atoms with Crippen LogP contribution >= 0.6 is 0 Å². The monoisotopic (exact) mass is 90.0 g/mol. The third-order valence-corrected chi connectivity index (χ3v) is 0. The first-order valence-electron chi connectivity index (χ1n) is 0.816. The van der Waals surface area contributed by atoms with E-state index in [2.05, 4.69) is 0 Å². The topological polar surface area (TPSA) is 52.0 Å². The molecule has 2 nitrogen and oxygen atoms in total. The van der Waals surface area contributed by atoms with E-state index in [1.807, 2.05) is 0 Å². The van der Waals surface area contributed by atoms with Crippen molar-refractivity contribution in [1.82, 2.24) is 0 Å². The average Bonchev–Trinajstić information content (AvgIpc) is 0.918. The van der Waals surface area contributed by atoms with Gasteiger partial charge >= 0.3 is 0 Å². The molecule has 0 rings (SSSR count). The second-order valence-electron chi connectivity index (χ2n) is 0.236. The Morgan fingerprint density at radius 2 is 1.25 bits per heavy atom. The normalized spacial score (nSPS) is 4.50.